The second-order valence-corrected chi connectivity index (χ2v) is 7.24. The van der Waals surface area contributed by atoms with E-state index in [1.54, 1.807) is 25.2 Å². The molecule has 0 radical (unpaired) electrons. The smallest absolute Gasteiger partial charge is 0.251 e. The van der Waals surface area contributed by atoms with E-state index in [0.717, 1.165) is 36.1 Å². The van der Waals surface area contributed by atoms with E-state index in [2.05, 4.69) is 5.32 Å². The number of hydrogen-bond donors (Lipinski definition) is 2. The van der Waals surface area contributed by atoms with Gasteiger partial charge in [0.25, 0.3) is 5.91 Å². The third-order valence-electron chi connectivity index (χ3n) is 4.32. The van der Waals surface area contributed by atoms with Crippen LogP contribution in [0, 0.1) is 5.82 Å². The highest BCUT2D eigenvalue weighted by Gasteiger charge is 2.25. The Balaban J connectivity index is 1.76. The minimum absolute atomic E-state index is 0.0261. The Morgan fingerprint density at radius 2 is 2.00 bits per heavy atom. The van der Waals surface area contributed by atoms with Gasteiger partial charge in [0.2, 0.25) is 5.91 Å². The fraction of sp³-hybridized carbons (Fsp3) is 0.333. The first-order valence-electron chi connectivity index (χ1n) is 8.17. The van der Waals surface area contributed by atoms with Crippen LogP contribution in [0.5, 0.6) is 0 Å². The summed E-state index contributed by atoms with van der Waals surface area (Å²) in [6.07, 6.45) is 3.82. The van der Waals surface area contributed by atoms with Crippen molar-refractivity contribution in [2.75, 3.05) is 23.8 Å². The van der Waals surface area contributed by atoms with Crippen molar-refractivity contribution in [2.45, 2.75) is 25.7 Å². The van der Waals surface area contributed by atoms with Gasteiger partial charge in [0.15, 0.2) is 0 Å². The van der Waals surface area contributed by atoms with Crippen molar-refractivity contribution in [1.82, 2.24) is 0 Å². The molecule has 25 heavy (non-hydrogen) atoms. The number of anilines is 2. The molecule has 3 N–H and O–H groups in total. The van der Waals surface area contributed by atoms with E-state index in [4.69, 9.17) is 5.73 Å². The first-order valence-corrected chi connectivity index (χ1v) is 8.99. The zero-order valence-electron chi connectivity index (χ0n) is 14.0. The van der Waals surface area contributed by atoms with Crippen molar-refractivity contribution in [3.63, 3.8) is 0 Å². The van der Waals surface area contributed by atoms with Crippen LogP contribution in [0.4, 0.5) is 15.1 Å². The van der Waals surface area contributed by atoms with E-state index in [-0.39, 0.29) is 18.3 Å². The highest BCUT2D eigenvalue weighted by molar-refractivity contribution is 7.17. The Kier molecular flexibility index (Phi) is 5.03. The van der Waals surface area contributed by atoms with Crippen molar-refractivity contribution in [2.24, 2.45) is 5.73 Å². The molecule has 3 rings (SSSR count). The number of hydrogen-bond acceptors (Lipinski definition) is 4. The van der Waals surface area contributed by atoms with Gasteiger partial charge in [-0.05, 0) is 43.4 Å². The highest BCUT2D eigenvalue weighted by atomic mass is 32.1. The highest BCUT2D eigenvalue weighted by Crippen LogP contribution is 2.37. The Hall–Kier alpha value is -2.41. The molecule has 2 amide bonds. The minimum Gasteiger partial charge on any atom is -0.365 e. The SMILES string of the molecule is CN(CC(=O)Nc1sc2c(c1C(N)=O)CCCC2)c1ccccc1F. The number of rotatable bonds is 5. The monoisotopic (exact) mass is 361 g/mol. The lowest BCUT2D eigenvalue weighted by Crippen LogP contribution is -2.31. The molecule has 0 unspecified atom stereocenters. The molecule has 1 heterocycles. The summed E-state index contributed by atoms with van der Waals surface area (Å²) < 4.78 is 13.8. The van der Waals surface area contributed by atoms with Gasteiger partial charge in [0.05, 0.1) is 17.8 Å². The maximum Gasteiger partial charge on any atom is 0.251 e. The lowest BCUT2D eigenvalue weighted by Gasteiger charge is -2.19. The predicted molar refractivity (Wildman–Crippen MR) is 97.8 cm³/mol. The summed E-state index contributed by atoms with van der Waals surface area (Å²) in [5.41, 5.74) is 7.28. The first kappa shape index (κ1) is 17.4. The van der Waals surface area contributed by atoms with Gasteiger partial charge in [-0.3, -0.25) is 9.59 Å². The second kappa shape index (κ2) is 7.23. The molecular weight excluding hydrogens is 341 g/mol. The fourth-order valence-electron chi connectivity index (χ4n) is 3.14. The standard InChI is InChI=1S/C18H20FN3O2S/c1-22(13-8-4-3-7-12(13)19)10-15(23)21-18-16(17(20)24)11-6-2-5-9-14(11)25-18/h3-4,7-8H,2,5-6,9-10H2,1H3,(H2,20,24)(H,21,23). The molecule has 0 spiro atoms. The summed E-state index contributed by atoms with van der Waals surface area (Å²) in [5, 5.41) is 3.29. The van der Waals surface area contributed by atoms with Gasteiger partial charge in [0.1, 0.15) is 10.8 Å². The molecule has 0 aliphatic heterocycles. The number of halogens is 1. The molecule has 0 saturated heterocycles. The summed E-state index contributed by atoms with van der Waals surface area (Å²) in [7, 11) is 1.65. The van der Waals surface area contributed by atoms with E-state index in [9.17, 15) is 14.0 Å². The summed E-state index contributed by atoms with van der Waals surface area (Å²) in [5.74, 6) is -1.22. The number of para-hydroxylation sites is 1. The van der Waals surface area contributed by atoms with E-state index in [1.165, 1.54) is 22.3 Å². The van der Waals surface area contributed by atoms with Crippen molar-refractivity contribution < 1.29 is 14.0 Å². The topological polar surface area (TPSA) is 75.4 Å². The van der Waals surface area contributed by atoms with Crippen molar-refractivity contribution in [1.29, 1.82) is 0 Å². The second-order valence-electron chi connectivity index (χ2n) is 6.13. The molecule has 1 aromatic carbocycles. The van der Waals surface area contributed by atoms with Crippen LogP contribution in [0.2, 0.25) is 0 Å². The number of likely N-dealkylation sites (N-methyl/N-ethyl adjacent to an activating group) is 1. The molecule has 0 bridgehead atoms. The van der Waals surface area contributed by atoms with E-state index in [0.29, 0.717) is 16.3 Å². The van der Waals surface area contributed by atoms with Gasteiger partial charge >= 0.3 is 0 Å². The Morgan fingerprint density at radius 1 is 1.28 bits per heavy atom. The molecule has 132 valence electrons. The summed E-state index contributed by atoms with van der Waals surface area (Å²) in [4.78, 5) is 26.9. The Morgan fingerprint density at radius 3 is 2.72 bits per heavy atom. The quantitative estimate of drug-likeness (QED) is 0.860. The molecule has 2 aromatic rings. The van der Waals surface area contributed by atoms with Gasteiger partial charge in [0, 0.05) is 11.9 Å². The van der Waals surface area contributed by atoms with Gasteiger partial charge in [-0.1, -0.05) is 12.1 Å². The average Bonchev–Trinajstić information content (AvgIpc) is 2.92. The molecule has 0 atom stereocenters. The molecular formula is C18H20FN3O2S. The Bertz CT molecular complexity index is 819. The van der Waals surface area contributed by atoms with Crippen LogP contribution < -0.4 is 16.0 Å². The number of carbonyl (C=O) groups excluding carboxylic acids is 2. The number of aryl methyl sites for hydroxylation is 1. The van der Waals surface area contributed by atoms with Gasteiger partial charge < -0.3 is 16.0 Å². The third kappa shape index (κ3) is 3.66. The van der Waals surface area contributed by atoms with Crippen LogP contribution in [-0.4, -0.2) is 25.4 Å². The number of benzene rings is 1. The number of thiophene rings is 1. The zero-order valence-corrected chi connectivity index (χ0v) is 14.8. The van der Waals surface area contributed by atoms with Crippen LogP contribution in [0.25, 0.3) is 0 Å². The van der Waals surface area contributed by atoms with E-state index < -0.39 is 5.91 Å². The molecule has 7 heteroatoms. The summed E-state index contributed by atoms with van der Waals surface area (Å²) >= 11 is 1.42. The lowest BCUT2D eigenvalue weighted by molar-refractivity contribution is -0.114. The number of nitrogens with one attached hydrogen (secondary N) is 1. The summed E-state index contributed by atoms with van der Waals surface area (Å²) in [6.45, 7) is -0.0261. The van der Waals surface area contributed by atoms with Crippen molar-refractivity contribution >= 4 is 33.8 Å². The lowest BCUT2D eigenvalue weighted by atomic mass is 9.95. The van der Waals surface area contributed by atoms with Gasteiger partial charge in [-0.25, -0.2) is 4.39 Å². The summed E-state index contributed by atoms with van der Waals surface area (Å²) in [6, 6.07) is 6.27. The predicted octanol–water partition coefficient (Wildman–Crippen LogP) is 2.94. The minimum atomic E-state index is -0.517. The maximum absolute atomic E-state index is 13.8. The van der Waals surface area contributed by atoms with Crippen LogP contribution in [0.15, 0.2) is 24.3 Å². The molecule has 0 fully saturated rings. The molecule has 0 saturated carbocycles. The molecule has 1 aliphatic carbocycles. The third-order valence-corrected chi connectivity index (χ3v) is 5.52. The van der Waals surface area contributed by atoms with Crippen LogP contribution >= 0.6 is 11.3 Å². The first-order chi connectivity index (χ1) is 12.0. The largest absolute Gasteiger partial charge is 0.365 e. The van der Waals surface area contributed by atoms with E-state index in [1.807, 2.05) is 0 Å². The molecule has 5 nitrogen and oxygen atoms in total. The zero-order chi connectivity index (χ0) is 18.0. The number of nitrogens with two attached hydrogens (primary N) is 1. The molecule has 1 aromatic heterocycles. The number of amides is 2. The fourth-order valence-corrected chi connectivity index (χ4v) is 4.45. The number of nitrogens with zero attached hydrogens (tertiary/aromatic N) is 1. The van der Waals surface area contributed by atoms with Crippen LogP contribution in [-0.2, 0) is 17.6 Å². The number of primary amides is 1. The van der Waals surface area contributed by atoms with E-state index >= 15 is 0 Å². The maximum atomic E-state index is 13.8. The number of carbonyl (C=O) groups is 2. The Labute approximate surface area is 149 Å². The van der Waals surface area contributed by atoms with Gasteiger partial charge in [-0.2, -0.15) is 0 Å². The van der Waals surface area contributed by atoms with Crippen molar-refractivity contribution in [3.8, 4) is 0 Å². The molecule has 1 aliphatic rings. The van der Waals surface area contributed by atoms with Crippen LogP contribution in [0.3, 0.4) is 0 Å². The normalized spacial score (nSPS) is 13.2. The van der Waals surface area contributed by atoms with Gasteiger partial charge in [-0.15, -0.1) is 11.3 Å². The number of fused-ring (bicyclic) bond motifs is 1. The van der Waals surface area contributed by atoms with Crippen molar-refractivity contribution in [3.05, 3.63) is 46.1 Å². The van der Waals surface area contributed by atoms with Crippen LogP contribution in [0.1, 0.15) is 33.6 Å². The average molecular weight is 361 g/mol.